The Balaban J connectivity index is 0.000000177. The molecule has 642 valence electrons. The van der Waals surface area contributed by atoms with E-state index < -0.39 is 44.2 Å². The van der Waals surface area contributed by atoms with Crippen LogP contribution in [0.3, 0.4) is 0 Å². The number of nitrogens with zero attached hydrogens (tertiary/aromatic N) is 12. The summed E-state index contributed by atoms with van der Waals surface area (Å²) in [6.07, 6.45) is 8.60. The summed E-state index contributed by atoms with van der Waals surface area (Å²) in [5.74, 6) is 0.492. The molecule has 13 rings (SSSR count). The number of aryl methyl sites for hydroxylation is 5. The van der Waals surface area contributed by atoms with Crippen LogP contribution in [0.5, 0.6) is 5.75 Å². The lowest BCUT2D eigenvalue weighted by molar-refractivity contribution is 0.0815. The number of hydrogen-bond acceptors (Lipinski definition) is 15. The van der Waals surface area contributed by atoms with Crippen molar-refractivity contribution in [1.82, 2.24) is 73.9 Å². The van der Waals surface area contributed by atoms with E-state index in [1.54, 1.807) is 48.3 Å². The van der Waals surface area contributed by atoms with Crippen LogP contribution in [0, 0.1) is 31.3 Å². The van der Waals surface area contributed by atoms with E-state index in [0.717, 1.165) is 156 Å². The SMILES string of the molecule is CCc1cc(C)c(F)cc1-c1ccc2c(-c3nc(C=O)cn3COCC[Si](C)(C)C)nn(COCC[Si](C)(C)C)c2c1.CCc1cc(C)c(F)cc1-c1ccc2c(-c3nc(CNC)cn3COCC[Si](C)(C)C)nn(COCC[Si](C)(C)C)c2c1.CCc1cc(O)c(F)cc1-c1ccc2c(-c3ncc(CN(C)C(=O)N4CC[C@@H](O)C4)[nH]3)n[nH]c2c1. The number of aliphatic hydroxyl groups is 1. The molecule has 120 heavy (non-hydrogen) atoms. The zero-order chi connectivity index (χ0) is 86.7. The molecule has 1 aliphatic rings. The van der Waals surface area contributed by atoms with Gasteiger partial charge in [0.2, 0.25) is 0 Å². The summed E-state index contributed by atoms with van der Waals surface area (Å²) in [4.78, 5) is 44.8. The second-order valence-electron chi connectivity index (χ2n) is 36.3. The first-order valence-corrected chi connectivity index (χ1v) is 56.6. The number of fused-ring (bicyclic) bond motifs is 3. The molecule has 6 aromatic carbocycles. The Hall–Kier alpha value is -9.48. The number of amides is 2. The number of likely N-dealkylation sites (tertiary alicyclic amines) is 1. The van der Waals surface area contributed by atoms with Gasteiger partial charge in [0.25, 0.3) is 0 Å². The third-order valence-corrected chi connectivity index (χ3v) is 28.3. The normalized spacial score (nSPS) is 13.4. The summed E-state index contributed by atoms with van der Waals surface area (Å²) in [5, 5.41) is 42.8. The third kappa shape index (κ3) is 23.4. The summed E-state index contributed by atoms with van der Waals surface area (Å²) in [6, 6.07) is 32.2. The van der Waals surface area contributed by atoms with E-state index in [4.69, 9.17) is 34.1 Å². The Morgan fingerprint density at radius 2 is 1.06 bits per heavy atom. The van der Waals surface area contributed by atoms with Gasteiger partial charge < -0.3 is 58.4 Å². The molecule has 7 heterocycles. The van der Waals surface area contributed by atoms with E-state index in [1.165, 1.54) is 12.1 Å². The van der Waals surface area contributed by atoms with Crippen molar-refractivity contribution in [3.8, 4) is 73.7 Å². The predicted octanol–water partition coefficient (Wildman–Crippen LogP) is 19.6. The van der Waals surface area contributed by atoms with Crippen molar-refractivity contribution >= 4 is 77.3 Å². The van der Waals surface area contributed by atoms with E-state index >= 15 is 0 Å². The highest BCUT2D eigenvalue weighted by Crippen LogP contribution is 2.39. The van der Waals surface area contributed by atoms with Gasteiger partial charge in [-0.15, -0.1) is 0 Å². The number of benzene rings is 6. The number of aromatic amines is 2. The van der Waals surface area contributed by atoms with Gasteiger partial charge in [-0.1, -0.05) is 130 Å². The van der Waals surface area contributed by atoms with Gasteiger partial charge >= 0.3 is 6.03 Å². The molecular weight excluding hydrogens is 1590 g/mol. The highest BCUT2D eigenvalue weighted by molar-refractivity contribution is 6.77. The number of carbonyl (C=O) groups excluding carboxylic acids is 2. The van der Waals surface area contributed by atoms with Gasteiger partial charge in [0.05, 0.1) is 46.8 Å². The average Bonchev–Trinajstić information content (AvgIpc) is 1.61. The van der Waals surface area contributed by atoms with Gasteiger partial charge in [-0.3, -0.25) is 9.89 Å². The Bertz CT molecular complexity index is 5550. The van der Waals surface area contributed by atoms with Crippen LogP contribution in [0.25, 0.3) is 101 Å². The Labute approximate surface area is 707 Å². The number of β-amino-alcohol motifs (C(OH)–C–C–N with tert-alkyl or cyclic N) is 1. The van der Waals surface area contributed by atoms with Crippen LogP contribution in [0.1, 0.15) is 76.9 Å². The number of ether oxygens (including phenoxy) is 4. The first kappa shape index (κ1) is 91.3. The summed E-state index contributed by atoms with van der Waals surface area (Å²) in [5.41, 5.74) is 16.2. The molecule has 0 unspecified atom stereocenters. The smallest absolute Gasteiger partial charge is 0.320 e. The summed E-state index contributed by atoms with van der Waals surface area (Å²) in [7, 11) is -1.29. The number of aromatic nitrogens is 12. The zero-order valence-electron chi connectivity index (χ0n) is 73.5. The predicted molar refractivity (Wildman–Crippen MR) is 485 cm³/mol. The number of nitrogens with one attached hydrogen (secondary N) is 3. The van der Waals surface area contributed by atoms with Crippen molar-refractivity contribution in [2.75, 3.05) is 53.6 Å². The monoisotopic (exact) mass is 1710 g/mol. The van der Waals surface area contributed by atoms with Gasteiger partial charge in [0.1, 0.15) is 61.3 Å². The molecule has 5 N–H and O–H groups in total. The highest BCUT2D eigenvalue weighted by Gasteiger charge is 2.29. The number of urea groups is 1. The molecule has 6 aromatic heterocycles. The summed E-state index contributed by atoms with van der Waals surface area (Å²) >= 11 is 0. The number of aliphatic hydroxyl groups excluding tert-OH is 1. The van der Waals surface area contributed by atoms with Gasteiger partial charge in [-0.05, 0) is 193 Å². The minimum atomic E-state index is -1.26. The molecule has 1 fully saturated rings. The van der Waals surface area contributed by atoms with Crippen molar-refractivity contribution in [3.05, 3.63) is 172 Å². The lowest BCUT2D eigenvalue weighted by Crippen LogP contribution is -2.39. The number of halogens is 3. The number of imidazole rings is 3. The fraction of sp³-hybridized carbons (Fsp3) is 0.444. The van der Waals surface area contributed by atoms with Crippen molar-refractivity contribution < 1.29 is 51.9 Å². The second kappa shape index (κ2) is 39.6. The van der Waals surface area contributed by atoms with Crippen LogP contribution in [-0.4, -0.2) is 183 Å². The molecule has 1 atom stereocenters. The number of phenolic OH excluding ortho intramolecular Hbond substituents is 1. The average molecular weight is 1710 g/mol. The topological polar surface area (TPSA) is 259 Å². The van der Waals surface area contributed by atoms with Crippen LogP contribution >= 0.6 is 0 Å². The van der Waals surface area contributed by atoms with Gasteiger partial charge in [-0.2, -0.15) is 15.3 Å². The van der Waals surface area contributed by atoms with Gasteiger partial charge in [-0.25, -0.2) is 42.3 Å². The van der Waals surface area contributed by atoms with Gasteiger partial charge in [0, 0.05) is 114 Å². The van der Waals surface area contributed by atoms with E-state index in [1.807, 2.05) is 83.5 Å². The Morgan fingerprint density at radius 1 is 0.600 bits per heavy atom. The molecule has 1 aliphatic heterocycles. The first-order valence-electron chi connectivity index (χ1n) is 41.8. The maximum absolute atomic E-state index is 14.7. The number of hydrogen-bond donors (Lipinski definition) is 5. The van der Waals surface area contributed by atoms with E-state index in [2.05, 4.69) is 152 Å². The van der Waals surface area contributed by atoms with Crippen molar-refractivity contribution in [2.24, 2.45) is 0 Å². The van der Waals surface area contributed by atoms with Crippen LogP contribution in [0.2, 0.25) is 103 Å². The second-order valence-corrected chi connectivity index (χ2v) is 58.8. The quantitative estimate of drug-likeness (QED) is 0.0143. The summed E-state index contributed by atoms with van der Waals surface area (Å²) < 4.78 is 75.6. The lowest BCUT2D eigenvalue weighted by Gasteiger charge is -2.23. The van der Waals surface area contributed by atoms with Crippen molar-refractivity contribution in [2.45, 2.75) is 209 Å². The maximum Gasteiger partial charge on any atom is 0.320 e. The van der Waals surface area contributed by atoms with Crippen LogP contribution in [-0.2, 0) is 78.2 Å². The van der Waals surface area contributed by atoms with Gasteiger partial charge in [0.15, 0.2) is 35.3 Å². The Morgan fingerprint density at radius 3 is 1.52 bits per heavy atom. The molecule has 12 aromatic rings. The summed E-state index contributed by atoms with van der Waals surface area (Å²) in [6.45, 7) is 43.8. The molecule has 23 nitrogen and oxygen atoms in total. The number of H-pyrrole nitrogens is 2. The molecule has 1 saturated heterocycles. The fourth-order valence-electron chi connectivity index (χ4n) is 14.3. The van der Waals surface area contributed by atoms with Crippen LogP contribution in [0.15, 0.2) is 110 Å². The number of rotatable bonds is 34. The molecule has 0 radical (unpaired) electrons. The zero-order valence-corrected chi connectivity index (χ0v) is 77.5. The minimum Gasteiger partial charge on any atom is -0.505 e. The molecule has 2 amide bonds. The van der Waals surface area contributed by atoms with Crippen LogP contribution in [0.4, 0.5) is 18.0 Å². The van der Waals surface area contributed by atoms with Crippen molar-refractivity contribution in [1.29, 1.82) is 0 Å². The largest absolute Gasteiger partial charge is 0.505 e. The molecular formula is C90H122F3N15O8Si4. The first-order chi connectivity index (χ1) is 56.9. The third-order valence-electron chi connectivity index (χ3n) is 21.5. The number of phenols is 1. The lowest BCUT2D eigenvalue weighted by atomic mass is 9.95. The van der Waals surface area contributed by atoms with E-state index in [9.17, 15) is 33.0 Å². The molecule has 0 spiro atoms. The number of aromatic hydroxyl groups is 1. The number of aldehydes is 1. The Kier molecular flexibility index (Phi) is 30.1. The minimum absolute atomic E-state index is 0.132. The van der Waals surface area contributed by atoms with Crippen molar-refractivity contribution in [3.63, 3.8) is 0 Å². The van der Waals surface area contributed by atoms with E-state index in [-0.39, 0.29) is 36.9 Å². The number of carbonyl (C=O) groups is 2. The molecule has 0 bridgehead atoms. The highest BCUT2D eigenvalue weighted by atomic mass is 28.3. The standard InChI is InChI=1S/C33H50FN5O2Si2.C32H45FN4O3Si2.C25H27FN6O3/c1-10-25-17-24(2)30(34)19-29(25)26-11-12-28-31(18-26)39(23-41-14-16-43(7,8)9)37-32(28)33-36-27(20-35-3)21-38(33)22-40-13-15-42(4,5)6;1-9-24-16-23(2)29(33)18-28(24)25-10-11-27-30(17-25)37(22-40-13-15-42(6,7)8)35-31(27)32-34-26(20-38)19-36(32)21-39-12-14-41(3,4)5;1-3-14-9-22(34)20(26)10-19(14)15-4-5-18-21(8-15)29-30-23(18)24-27-11-16(28-24)12-31(2)25(35)32-7-6-17(33)13-32/h11-12,17-19,21,35H,10,13-16,20,22-23H2,1-9H3;10-11,16-20H,9,12-15,21-22H2,1-8H3;4-5,8-11,17,33-34H,3,6-7,12-13H2,1-2H3,(H,27,28)(H,29,30)/t;;17-/m..1/s1. The van der Waals surface area contributed by atoms with E-state index in [0.29, 0.717) is 112 Å². The molecule has 0 saturated carbocycles. The maximum atomic E-state index is 14.7. The molecule has 30 heteroatoms. The van der Waals surface area contributed by atoms with Crippen LogP contribution < -0.4 is 5.32 Å². The molecule has 0 aliphatic carbocycles. The fourth-order valence-corrected chi connectivity index (χ4v) is 17.4.